The highest BCUT2D eigenvalue weighted by atomic mass is 35.5. The molecule has 0 bridgehead atoms. The molecule has 0 unspecified atom stereocenters. The van der Waals surface area contributed by atoms with Crippen molar-refractivity contribution < 1.29 is 0 Å². The Morgan fingerprint density at radius 2 is 2.16 bits per heavy atom. The molecule has 2 aromatic rings. The number of halogens is 1. The molecular formula is C14H19ClN4. The van der Waals surface area contributed by atoms with E-state index < -0.39 is 0 Å². The number of hydrogen-bond acceptors (Lipinski definition) is 3. The molecule has 102 valence electrons. The molecule has 1 aromatic carbocycles. The van der Waals surface area contributed by atoms with Gasteiger partial charge in [-0.3, -0.25) is 0 Å². The smallest absolute Gasteiger partial charge is 0.0969 e. The number of nitrogens with zero attached hydrogens (tertiary/aromatic N) is 3. The van der Waals surface area contributed by atoms with Crippen LogP contribution < -0.4 is 5.32 Å². The minimum Gasteiger partial charge on any atom is -0.311 e. The highest BCUT2D eigenvalue weighted by Crippen LogP contribution is 2.21. The molecule has 0 amide bonds. The Morgan fingerprint density at radius 1 is 1.37 bits per heavy atom. The van der Waals surface area contributed by atoms with E-state index >= 15 is 0 Å². The molecule has 4 nitrogen and oxygen atoms in total. The van der Waals surface area contributed by atoms with Crippen LogP contribution in [0.1, 0.15) is 25.1 Å². The van der Waals surface area contributed by atoms with Crippen molar-refractivity contribution in [3.05, 3.63) is 40.7 Å². The van der Waals surface area contributed by atoms with Crippen molar-refractivity contribution >= 4 is 11.6 Å². The summed E-state index contributed by atoms with van der Waals surface area (Å²) < 4.78 is 1.77. The number of rotatable bonds is 5. The Balaban J connectivity index is 2.10. The van der Waals surface area contributed by atoms with Crippen LogP contribution in [0.25, 0.3) is 5.69 Å². The Bertz CT molecular complexity index is 548. The zero-order valence-electron chi connectivity index (χ0n) is 11.5. The Hall–Kier alpha value is -1.39. The second kappa shape index (κ2) is 6.17. The van der Waals surface area contributed by atoms with Crippen LogP contribution >= 0.6 is 11.6 Å². The fourth-order valence-electron chi connectivity index (χ4n) is 1.83. The van der Waals surface area contributed by atoms with Crippen molar-refractivity contribution in [1.29, 1.82) is 0 Å². The summed E-state index contributed by atoms with van der Waals surface area (Å²) in [5.74, 6) is 0.630. The van der Waals surface area contributed by atoms with E-state index in [2.05, 4.69) is 29.5 Å². The van der Waals surface area contributed by atoms with Crippen LogP contribution in [0.4, 0.5) is 0 Å². The molecule has 1 N–H and O–H groups in total. The van der Waals surface area contributed by atoms with Crippen molar-refractivity contribution in [3.8, 4) is 5.69 Å². The monoisotopic (exact) mass is 278 g/mol. The first-order valence-electron chi connectivity index (χ1n) is 6.45. The summed E-state index contributed by atoms with van der Waals surface area (Å²) in [5, 5.41) is 12.4. The van der Waals surface area contributed by atoms with Gasteiger partial charge < -0.3 is 5.32 Å². The van der Waals surface area contributed by atoms with E-state index in [4.69, 9.17) is 11.6 Å². The molecule has 0 radical (unpaired) electrons. The fourth-order valence-corrected chi connectivity index (χ4v) is 2.00. The predicted molar refractivity (Wildman–Crippen MR) is 77.7 cm³/mol. The van der Waals surface area contributed by atoms with Gasteiger partial charge in [0.1, 0.15) is 0 Å². The van der Waals surface area contributed by atoms with Crippen molar-refractivity contribution in [2.24, 2.45) is 5.92 Å². The van der Waals surface area contributed by atoms with Crippen LogP contribution in [0.2, 0.25) is 5.02 Å². The third kappa shape index (κ3) is 3.55. The Morgan fingerprint density at radius 3 is 2.89 bits per heavy atom. The molecule has 0 aliphatic rings. The maximum Gasteiger partial charge on any atom is 0.0969 e. The van der Waals surface area contributed by atoms with E-state index in [-0.39, 0.29) is 0 Å². The third-order valence-corrected chi connectivity index (χ3v) is 3.29. The molecule has 2 rings (SSSR count). The van der Waals surface area contributed by atoms with Crippen molar-refractivity contribution in [3.63, 3.8) is 0 Å². The molecular weight excluding hydrogens is 260 g/mol. The van der Waals surface area contributed by atoms with Gasteiger partial charge in [0.25, 0.3) is 0 Å². The van der Waals surface area contributed by atoms with Crippen LogP contribution in [0.5, 0.6) is 0 Å². The van der Waals surface area contributed by atoms with Gasteiger partial charge in [-0.25, -0.2) is 4.68 Å². The maximum absolute atomic E-state index is 6.12. The Labute approximate surface area is 118 Å². The van der Waals surface area contributed by atoms with Gasteiger partial charge in [0, 0.05) is 11.6 Å². The number of benzene rings is 1. The van der Waals surface area contributed by atoms with Gasteiger partial charge in [0.2, 0.25) is 0 Å². The lowest BCUT2D eigenvalue weighted by Crippen LogP contribution is -2.19. The number of hydrogen-bond donors (Lipinski definition) is 1. The highest BCUT2D eigenvalue weighted by Gasteiger charge is 2.07. The van der Waals surface area contributed by atoms with Crippen molar-refractivity contribution in [2.75, 3.05) is 6.54 Å². The molecule has 1 aromatic heterocycles. The minimum absolute atomic E-state index is 0.630. The minimum atomic E-state index is 0.630. The highest BCUT2D eigenvalue weighted by molar-refractivity contribution is 6.31. The van der Waals surface area contributed by atoms with Gasteiger partial charge in [0.05, 0.1) is 17.6 Å². The quantitative estimate of drug-likeness (QED) is 0.914. The van der Waals surface area contributed by atoms with Gasteiger partial charge >= 0.3 is 0 Å². The van der Waals surface area contributed by atoms with E-state index in [1.807, 2.05) is 31.3 Å². The van der Waals surface area contributed by atoms with Gasteiger partial charge in [-0.05, 0) is 37.1 Å². The lowest BCUT2D eigenvalue weighted by atomic mass is 10.2. The lowest BCUT2D eigenvalue weighted by molar-refractivity contribution is 0.548. The topological polar surface area (TPSA) is 42.7 Å². The molecule has 0 atom stereocenters. The van der Waals surface area contributed by atoms with Gasteiger partial charge in [-0.2, -0.15) is 0 Å². The predicted octanol–water partition coefficient (Wildman–Crippen LogP) is 2.97. The summed E-state index contributed by atoms with van der Waals surface area (Å²) >= 11 is 6.12. The average Bonchev–Trinajstić information content (AvgIpc) is 2.81. The molecule has 0 spiro atoms. The summed E-state index contributed by atoms with van der Waals surface area (Å²) in [7, 11) is 0. The summed E-state index contributed by atoms with van der Waals surface area (Å²) in [6.45, 7) is 8.05. The zero-order chi connectivity index (χ0) is 13.8. The Kier molecular flexibility index (Phi) is 4.56. The SMILES string of the molecule is Cc1c(Cl)cccc1-n1cc(CNCC(C)C)nn1. The number of aromatic nitrogens is 3. The molecule has 0 saturated heterocycles. The largest absolute Gasteiger partial charge is 0.311 e. The van der Waals surface area contributed by atoms with E-state index in [0.717, 1.165) is 35.1 Å². The van der Waals surface area contributed by atoms with E-state index in [9.17, 15) is 0 Å². The first kappa shape index (κ1) is 14.0. The van der Waals surface area contributed by atoms with Crippen LogP contribution in [0.15, 0.2) is 24.4 Å². The summed E-state index contributed by atoms with van der Waals surface area (Å²) in [6, 6.07) is 5.78. The van der Waals surface area contributed by atoms with Crippen molar-refractivity contribution in [1.82, 2.24) is 20.3 Å². The maximum atomic E-state index is 6.12. The van der Waals surface area contributed by atoms with Gasteiger partial charge in [0.15, 0.2) is 0 Å². The second-order valence-corrected chi connectivity index (χ2v) is 5.47. The molecule has 0 saturated carbocycles. The van der Waals surface area contributed by atoms with Crippen LogP contribution in [0, 0.1) is 12.8 Å². The zero-order valence-corrected chi connectivity index (χ0v) is 12.3. The van der Waals surface area contributed by atoms with Crippen LogP contribution in [-0.4, -0.2) is 21.5 Å². The molecule has 5 heteroatoms. The molecule has 0 aliphatic heterocycles. The summed E-state index contributed by atoms with van der Waals surface area (Å²) in [5.41, 5.74) is 2.91. The van der Waals surface area contributed by atoms with E-state index in [1.165, 1.54) is 0 Å². The molecule has 19 heavy (non-hydrogen) atoms. The number of nitrogens with one attached hydrogen (secondary N) is 1. The average molecular weight is 279 g/mol. The van der Waals surface area contributed by atoms with E-state index in [0.29, 0.717) is 5.92 Å². The van der Waals surface area contributed by atoms with E-state index in [1.54, 1.807) is 4.68 Å². The van der Waals surface area contributed by atoms with Gasteiger partial charge in [-0.1, -0.05) is 36.7 Å². The second-order valence-electron chi connectivity index (χ2n) is 5.06. The first-order valence-corrected chi connectivity index (χ1v) is 6.83. The third-order valence-electron chi connectivity index (χ3n) is 2.89. The fraction of sp³-hybridized carbons (Fsp3) is 0.429. The summed E-state index contributed by atoms with van der Waals surface area (Å²) in [4.78, 5) is 0. The normalized spacial score (nSPS) is 11.2. The molecule has 0 fully saturated rings. The molecule has 1 heterocycles. The molecule has 0 aliphatic carbocycles. The first-order chi connectivity index (χ1) is 9.08. The van der Waals surface area contributed by atoms with Crippen LogP contribution in [-0.2, 0) is 6.54 Å². The standard InChI is InChI=1S/C14H19ClN4/c1-10(2)7-16-8-12-9-19(18-17-12)14-6-4-5-13(15)11(14)3/h4-6,9-10,16H,7-8H2,1-3H3. The van der Waals surface area contributed by atoms with Crippen LogP contribution in [0.3, 0.4) is 0 Å². The summed E-state index contributed by atoms with van der Waals surface area (Å²) in [6.07, 6.45) is 1.94. The van der Waals surface area contributed by atoms with Crippen molar-refractivity contribution in [2.45, 2.75) is 27.3 Å². The van der Waals surface area contributed by atoms with Gasteiger partial charge in [-0.15, -0.1) is 5.10 Å². The lowest BCUT2D eigenvalue weighted by Gasteiger charge is -2.06.